The number of ketones is 1. The highest BCUT2D eigenvalue weighted by Crippen LogP contribution is 2.48. The monoisotopic (exact) mass is 475 g/mol. The van der Waals surface area contributed by atoms with E-state index in [9.17, 15) is 9.59 Å². The van der Waals surface area contributed by atoms with Crippen LogP contribution in [-0.2, 0) is 20.7 Å². The average molecular weight is 476 g/mol. The van der Waals surface area contributed by atoms with Crippen LogP contribution in [0.5, 0.6) is 11.5 Å². The molecule has 5 atom stereocenters. The lowest BCUT2D eigenvalue weighted by Crippen LogP contribution is -2.43. The molecule has 2 aromatic carbocycles. The van der Waals surface area contributed by atoms with E-state index < -0.39 is 6.04 Å². The van der Waals surface area contributed by atoms with Gasteiger partial charge in [-0.1, -0.05) is 38.1 Å². The van der Waals surface area contributed by atoms with E-state index in [2.05, 4.69) is 13.8 Å². The van der Waals surface area contributed by atoms with Gasteiger partial charge in [0.25, 0.3) is 5.91 Å². The number of benzene rings is 2. The minimum absolute atomic E-state index is 0.0723. The number of carbonyl (C=O) groups excluding carboxylic acids is 2. The van der Waals surface area contributed by atoms with Gasteiger partial charge < -0.3 is 19.1 Å². The highest BCUT2D eigenvalue weighted by atomic mass is 16.5. The van der Waals surface area contributed by atoms with Crippen LogP contribution in [0.2, 0.25) is 0 Å². The first-order valence-corrected chi connectivity index (χ1v) is 12.4. The van der Waals surface area contributed by atoms with Gasteiger partial charge in [0, 0.05) is 6.54 Å². The van der Waals surface area contributed by atoms with Crippen molar-refractivity contribution >= 4 is 11.7 Å². The van der Waals surface area contributed by atoms with Crippen molar-refractivity contribution in [3.63, 3.8) is 0 Å². The predicted molar refractivity (Wildman–Crippen MR) is 132 cm³/mol. The van der Waals surface area contributed by atoms with Crippen LogP contribution in [-0.4, -0.2) is 43.5 Å². The number of fused-ring (bicyclic) bond motifs is 1. The molecule has 6 heteroatoms. The van der Waals surface area contributed by atoms with Crippen LogP contribution in [0.15, 0.2) is 59.9 Å². The molecule has 0 N–H and O–H groups in total. The molecule has 1 amide bonds. The molecule has 5 rings (SSSR count). The van der Waals surface area contributed by atoms with Gasteiger partial charge in [0.05, 0.1) is 31.8 Å². The summed E-state index contributed by atoms with van der Waals surface area (Å²) in [6.07, 6.45) is 2.04. The van der Waals surface area contributed by atoms with Crippen LogP contribution in [0.1, 0.15) is 43.9 Å². The van der Waals surface area contributed by atoms with Gasteiger partial charge in [-0.3, -0.25) is 9.59 Å². The standard InChI is InChI=1S/C29H33NO5/c1-17-14-23-24(15-18(17)2)35-28-25(27(23)31)26(20-6-5-7-22(16-20)34-4)30(29(28)32)13-12-19-8-10-21(33-3)11-9-19/h5-11,16-18,23-24,26H,12-15H2,1-4H3. The second-order valence-electron chi connectivity index (χ2n) is 10.1. The number of ether oxygens (including phenoxy) is 3. The number of nitrogens with zero attached hydrogens (tertiary/aromatic N) is 1. The van der Waals surface area contributed by atoms with Gasteiger partial charge in [-0.05, 0) is 66.5 Å². The van der Waals surface area contributed by atoms with Crippen molar-refractivity contribution in [2.75, 3.05) is 20.8 Å². The smallest absolute Gasteiger partial charge is 0.290 e. The largest absolute Gasteiger partial charge is 0.497 e. The van der Waals surface area contributed by atoms with Gasteiger partial charge in [-0.25, -0.2) is 0 Å². The molecule has 1 saturated carbocycles. The van der Waals surface area contributed by atoms with E-state index in [1.54, 1.807) is 19.1 Å². The van der Waals surface area contributed by atoms with Crippen molar-refractivity contribution in [2.24, 2.45) is 17.8 Å². The van der Waals surface area contributed by atoms with Crippen molar-refractivity contribution in [1.82, 2.24) is 4.90 Å². The van der Waals surface area contributed by atoms with Crippen LogP contribution < -0.4 is 9.47 Å². The Hall–Kier alpha value is -3.28. The van der Waals surface area contributed by atoms with E-state index in [0.29, 0.717) is 36.1 Å². The number of hydrogen-bond acceptors (Lipinski definition) is 5. The maximum absolute atomic E-state index is 13.9. The molecule has 2 aliphatic heterocycles. The van der Waals surface area contributed by atoms with Crippen molar-refractivity contribution < 1.29 is 23.8 Å². The van der Waals surface area contributed by atoms with Crippen molar-refractivity contribution in [3.05, 3.63) is 71.0 Å². The van der Waals surface area contributed by atoms with Crippen LogP contribution >= 0.6 is 0 Å². The lowest BCUT2D eigenvalue weighted by Gasteiger charge is -2.40. The van der Waals surface area contributed by atoms with E-state index in [-0.39, 0.29) is 29.5 Å². The number of Topliss-reactive ketones (excluding diaryl/α,β-unsaturated/α-hetero) is 1. The molecule has 6 nitrogen and oxygen atoms in total. The second kappa shape index (κ2) is 9.40. The molecule has 184 valence electrons. The van der Waals surface area contributed by atoms with Crippen LogP contribution in [0.4, 0.5) is 0 Å². The summed E-state index contributed by atoms with van der Waals surface area (Å²) >= 11 is 0. The Morgan fingerprint density at radius 3 is 2.37 bits per heavy atom. The molecule has 2 heterocycles. The second-order valence-corrected chi connectivity index (χ2v) is 10.1. The zero-order valence-electron chi connectivity index (χ0n) is 20.8. The van der Waals surface area contributed by atoms with E-state index in [1.165, 1.54) is 0 Å². The molecule has 0 radical (unpaired) electrons. The fourth-order valence-electron chi connectivity index (χ4n) is 5.74. The maximum atomic E-state index is 13.9. The normalized spacial score (nSPS) is 27.9. The van der Waals surface area contributed by atoms with Crippen molar-refractivity contribution in [1.29, 1.82) is 0 Å². The Morgan fingerprint density at radius 1 is 0.943 bits per heavy atom. The molecule has 5 unspecified atom stereocenters. The summed E-state index contributed by atoms with van der Waals surface area (Å²) in [5.74, 6) is 2.33. The lowest BCUT2D eigenvalue weighted by molar-refractivity contribution is -0.137. The van der Waals surface area contributed by atoms with E-state index >= 15 is 0 Å². The lowest BCUT2D eigenvalue weighted by atomic mass is 9.70. The maximum Gasteiger partial charge on any atom is 0.290 e. The summed E-state index contributed by atoms with van der Waals surface area (Å²) in [6, 6.07) is 15.0. The fraction of sp³-hybridized carbons (Fsp3) is 0.448. The summed E-state index contributed by atoms with van der Waals surface area (Å²) in [5, 5.41) is 0. The zero-order valence-corrected chi connectivity index (χ0v) is 20.8. The Bertz CT molecular complexity index is 1150. The first kappa shape index (κ1) is 23.5. The average Bonchev–Trinajstić information content (AvgIpc) is 3.16. The summed E-state index contributed by atoms with van der Waals surface area (Å²) in [5.41, 5.74) is 2.47. The molecule has 0 bridgehead atoms. The van der Waals surface area contributed by atoms with E-state index in [1.807, 2.05) is 48.5 Å². The first-order chi connectivity index (χ1) is 16.9. The Morgan fingerprint density at radius 2 is 1.66 bits per heavy atom. The zero-order chi connectivity index (χ0) is 24.7. The molecule has 1 fully saturated rings. The quantitative estimate of drug-likeness (QED) is 0.604. The predicted octanol–water partition coefficient (Wildman–Crippen LogP) is 4.73. The van der Waals surface area contributed by atoms with Crippen molar-refractivity contribution in [3.8, 4) is 11.5 Å². The molecule has 3 aliphatic rings. The Kier molecular flexibility index (Phi) is 6.30. The summed E-state index contributed by atoms with van der Waals surface area (Å²) in [7, 11) is 3.26. The van der Waals surface area contributed by atoms with E-state index in [4.69, 9.17) is 14.2 Å². The van der Waals surface area contributed by atoms with Gasteiger partial charge in [-0.2, -0.15) is 0 Å². The van der Waals surface area contributed by atoms with Gasteiger partial charge in [0.1, 0.15) is 17.6 Å². The van der Waals surface area contributed by atoms with Crippen LogP contribution in [0.3, 0.4) is 0 Å². The molecule has 2 aromatic rings. The van der Waals surface area contributed by atoms with E-state index in [0.717, 1.165) is 29.7 Å². The van der Waals surface area contributed by atoms with Gasteiger partial charge in [0.2, 0.25) is 0 Å². The number of amides is 1. The number of hydrogen-bond donors (Lipinski definition) is 0. The molecule has 35 heavy (non-hydrogen) atoms. The molecule has 1 aliphatic carbocycles. The third-order valence-corrected chi connectivity index (χ3v) is 8.02. The first-order valence-electron chi connectivity index (χ1n) is 12.4. The molecule has 0 spiro atoms. The molecule has 0 saturated heterocycles. The Balaban J connectivity index is 1.49. The number of carbonyl (C=O) groups is 2. The fourth-order valence-corrected chi connectivity index (χ4v) is 5.74. The summed E-state index contributed by atoms with van der Waals surface area (Å²) < 4.78 is 17.1. The number of rotatable bonds is 6. The molecule has 0 aromatic heterocycles. The molecular formula is C29H33NO5. The SMILES string of the molecule is COc1ccc(CCN2C(=O)C3=C(C(=O)C4CC(C)C(C)CC4O3)C2c2cccc(OC)c2)cc1. The topological polar surface area (TPSA) is 65.1 Å². The minimum atomic E-state index is -0.478. The van der Waals surface area contributed by atoms with Crippen LogP contribution in [0, 0.1) is 17.8 Å². The van der Waals surface area contributed by atoms with Crippen LogP contribution in [0.25, 0.3) is 0 Å². The summed E-state index contributed by atoms with van der Waals surface area (Å²) in [6.45, 7) is 4.88. The summed E-state index contributed by atoms with van der Waals surface area (Å²) in [4.78, 5) is 29.4. The van der Waals surface area contributed by atoms with Gasteiger partial charge in [0.15, 0.2) is 11.5 Å². The number of methoxy groups -OCH3 is 2. The highest BCUT2D eigenvalue weighted by molar-refractivity contribution is 6.11. The third kappa shape index (κ3) is 4.19. The minimum Gasteiger partial charge on any atom is -0.497 e. The third-order valence-electron chi connectivity index (χ3n) is 8.02. The Labute approximate surface area is 206 Å². The van der Waals surface area contributed by atoms with Crippen molar-refractivity contribution in [2.45, 2.75) is 45.3 Å². The molecular weight excluding hydrogens is 442 g/mol. The van der Waals surface area contributed by atoms with Gasteiger partial charge >= 0.3 is 0 Å². The highest BCUT2D eigenvalue weighted by Gasteiger charge is 2.53. The van der Waals surface area contributed by atoms with Gasteiger partial charge in [-0.15, -0.1) is 0 Å².